The van der Waals surface area contributed by atoms with Crippen molar-refractivity contribution in [2.45, 2.75) is 39.2 Å². The van der Waals surface area contributed by atoms with E-state index in [1.54, 1.807) is 0 Å². The van der Waals surface area contributed by atoms with Crippen LogP contribution >= 0.6 is 0 Å². The Morgan fingerprint density at radius 3 is 2.91 bits per heavy atom. The molecule has 0 saturated heterocycles. The Labute approximate surface area is 134 Å². The Hall–Kier alpha value is -2.70. The molecule has 1 amide bonds. The standard InChI is InChI=1S/C16H20N6O/c1-11(2)22-10-12(13-7-3-4-8-14(13)22)6-5-9-15(23)17-16-18-20-21-19-16/h3-4,7-8,10-11H,5-6,9H2,1-2H3,(H2,17,18,19,20,21,23). The van der Waals surface area contributed by atoms with E-state index >= 15 is 0 Å². The Morgan fingerprint density at radius 1 is 1.35 bits per heavy atom. The van der Waals surface area contributed by atoms with Gasteiger partial charge in [-0.3, -0.25) is 10.1 Å². The van der Waals surface area contributed by atoms with Crippen molar-refractivity contribution in [1.82, 2.24) is 25.2 Å². The number of anilines is 1. The maximum Gasteiger partial charge on any atom is 0.269 e. The number of aromatic nitrogens is 5. The number of carbonyl (C=O) groups excluding carboxylic acids is 1. The highest BCUT2D eigenvalue weighted by molar-refractivity contribution is 5.89. The number of tetrazole rings is 1. The van der Waals surface area contributed by atoms with E-state index in [2.05, 4.69) is 74.8 Å². The fourth-order valence-electron chi connectivity index (χ4n) is 2.75. The molecular weight excluding hydrogens is 292 g/mol. The minimum atomic E-state index is -0.0982. The molecular formula is C16H20N6O. The normalized spacial score (nSPS) is 11.3. The van der Waals surface area contributed by atoms with Crippen molar-refractivity contribution in [2.24, 2.45) is 0 Å². The Morgan fingerprint density at radius 2 is 2.17 bits per heavy atom. The number of carbonyl (C=O) groups is 1. The molecule has 2 heterocycles. The van der Waals surface area contributed by atoms with Gasteiger partial charge in [0.05, 0.1) is 0 Å². The molecule has 0 fully saturated rings. The third-order valence-electron chi connectivity index (χ3n) is 3.83. The first-order chi connectivity index (χ1) is 11.1. The summed E-state index contributed by atoms with van der Waals surface area (Å²) in [6, 6.07) is 8.81. The van der Waals surface area contributed by atoms with E-state index in [0.717, 1.165) is 12.8 Å². The molecule has 23 heavy (non-hydrogen) atoms. The number of para-hydroxylation sites is 1. The van der Waals surface area contributed by atoms with Gasteiger partial charge < -0.3 is 4.57 Å². The van der Waals surface area contributed by atoms with Gasteiger partial charge in [0.15, 0.2) is 0 Å². The fraction of sp³-hybridized carbons (Fsp3) is 0.375. The number of rotatable bonds is 6. The molecule has 0 bridgehead atoms. The molecule has 120 valence electrons. The van der Waals surface area contributed by atoms with Gasteiger partial charge in [-0.25, -0.2) is 0 Å². The molecule has 0 aliphatic heterocycles. The summed E-state index contributed by atoms with van der Waals surface area (Å²) in [6.45, 7) is 4.35. The largest absolute Gasteiger partial charge is 0.345 e. The van der Waals surface area contributed by atoms with Crippen molar-refractivity contribution in [3.63, 3.8) is 0 Å². The first kappa shape index (κ1) is 15.2. The van der Waals surface area contributed by atoms with E-state index in [-0.39, 0.29) is 11.9 Å². The molecule has 2 aromatic heterocycles. The topological polar surface area (TPSA) is 88.5 Å². The van der Waals surface area contributed by atoms with Crippen LogP contribution in [-0.4, -0.2) is 31.1 Å². The van der Waals surface area contributed by atoms with Crippen LogP contribution in [0.1, 0.15) is 38.3 Å². The molecule has 0 aliphatic carbocycles. The molecule has 1 aromatic carbocycles. The van der Waals surface area contributed by atoms with Crippen LogP contribution in [0.25, 0.3) is 10.9 Å². The zero-order valence-corrected chi connectivity index (χ0v) is 13.3. The van der Waals surface area contributed by atoms with Crippen molar-refractivity contribution in [1.29, 1.82) is 0 Å². The molecule has 0 atom stereocenters. The van der Waals surface area contributed by atoms with E-state index in [4.69, 9.17) is 0 Å². The van der Waals surface area contributed by atoms with Crippen molar-refractivity contribution in [2.75, 3.05) is 5.32 Å². The molecule has 0 aliphatic rings. The highest BCUT2D eigenvalue weighted by Crippen LogP contribution is 2.25. The molecule has 7 nitrogen and oxygen atoms in total. The number of aryl methyl sites for hydroxylation is 1. The van der Waals surface area contributed by atoms with Gasteiger partial charge in [0, 0.05) is 29.6 Å². The second-order valence-electron chi connectivity index (χ2n) is 5.81. The molecule has 0 saturated carbocycles. The number of nitrogens with zero attached hydrogens (tertiary/aromatic N) is 4. The lowest BCUT2D eigenvalue weighted by Gasteiger charge is -2.08. The Balaban J connectivity index is 1.64. The minimum Gasteiger partial charge on any atom is -0.345 e. The summed E-state index contributed by atoms with van der Waals surface area (Å²) in [5.41, 5.74) is 2.52. The first-order valence-electron chi connectivity index (χ1n) is 7.77. The number of hydrogen-bond acceptors (Lipinski definition) is 4. The highest BCUT2D eigenvalue weighted by Gasteiger charge is 2.11. The highest BCUT2D eigenvalue weighted by atomic mass is 16.1. The molecule has 2 N–H and O–H groups in total. The third kappa shape index (κ3) is 3.39. The van der Waals surface area contributed by atoms with E-state index in [1.807, 2.05) is 0 Å². The van der Waals surface area contributed by atoms with Crippen molar-refractivity contribution < 1.29 is 4.79 Å². The van der Waals surface area contributed by atoms with Crippen molar-refractivity contribution in [3.8, 4) is 0 Å². The van der Waals surface area contributed by atoms with Crippen LogP contribution in [0.5, 0.6) is 0 Å². The quantitative estimate of drug-likeness (QED) is 0.732. The minimum absolute atomic E-state index is 0.0982. The predicted molar refractivity (Wildman–Crippen MR) is 88.1 cm³/mol. The number of fused-ring (bicyclic) bond motifs is 1. The van der Waals surface area contributed by atoms with Crippen molar-refractivity contribution in [3.05, 3.63) is 36.0 Å². The second-order valence-corrected chi connectivity index (χ2v) is 5.81. The summed E-state index contributed by atoms with van der Waals surface area (Å²) >= 11 is 0. The van der Waals surface area contributed by atoms with Gasteiger partial charge in [-0.1, -0.05) is 23.3 Å². The molecule has 7 heteroatoms. The Bertz CT molecular complexity index is 790. The number of amides is 1. The van der Waals surface area contributed by atoms with Crippen LogP contribution in [0, 0.1) is 0 Å². The van der Waals surface area contributed by atoms with Gasteiger partial charge in [-0.05, 0) is 43.5 Å². The molecule has 0 radical (unpaired) electrons. The molecule has 3 aromatic rings. The summed E-state index contributed by atoms with van der Waals surface area (Å²) in [5.74, 6) is 0.116. The molecule has 0 spiro atoms. The smallest absolute Gasteiger partial charge is 0.269 e. The zero-order valence-electron chi connectivity index (χ0n) is 13.3. The number of nitrogens with one attached hydrogen (secondary N) is 2. The first-order valence-corrected chi connectivity index (χ1v) is 7.77. The van der Waals surface area contributed by atoms with E-state index in [0.29, 0.717) is 12.5 Å². The number of aromatic amines is 1. The number of H-pyrrole nitrogens is 1. The lowest BCUT2D eigenvalue weighted by atomic mass is 10.1. The van der Waals surface area contributed by atoms with Gasteiger partial charge in [-0.2, -0.15) is 5.21 Å². The van der Waals surface area contributed by atoms with Crippen LogP contribution in [-0.2, 0) is 11.2 Å². The fourth-order valence-corrected chi connectivity index (χ4v) is 2.75. The maximum absolute atomic E-state index is 11.8. The van der Waals surface area contributed by atoms with Gasteiger partial charge in [0.2, 0.25) is 5.91 Å². The van der Waals surface area contributed by atoms with Crippen molar-refractivity contribution >= 4 is 22.8 Å². The summed E-state index contributed by atoms with van der Waals surface area (Å²) in [7, 11) is 0. The Kier molecular flexibility index (Phi) is 4.36. The maximum atomic E-state index is 11.8. The third-order valence-corrected chi connectivity index (χ3v) is 3.83. The van der Waals surface area contributed by atoms with Gasteiger partial charge in [-0.15, -0.1) is 5.10 Å². The molecule has 0 unspecified atom stereocenters. The molecule has 3 rings (SSSR count). The predicted octanol–water partition coefficient (Wildman–Crippen LogP) is 2.70. The summed E-state index contributed by atoms with van der Waals surface area (Å²) in [4.78, 5) is 11.8. The lowest BCUT2D eigenvalue weighted by molar-refractivity contribution is -0.116. The lowest BCUT2D eigenvalue weighted by Crippen LogP contribution is -2.12. The average molecular weight is 312 g/mol. The zero-order chi connectivity index (χ0) is 16.2. The second kappa shape index (κ2) is 6.60. The van der Waals surface area contributed by atoms with E-state index in [1.165, 1.54) is 16.5 Å². The summed E-state index contributed by atoms with van der Waals surface area (Å²) < 4.78 is 2.28. The van der Waals surface area contributed by atoms with Gasteiger partial charge >= 0.3 is 0 Å². The van der Waals surface area contributed by atoms with Gasteiger partial charge in [0.25, 0.3) is 5.95 Å². The van der Waals surface area contributed by atoms with Crippen LogP contribution < -0.4 is 5.32 Å². The number of hydrogen-bond donors (Lipinski definition) is 2. The van der Waals surface area contributed by atoms with Gasteiger partial charge in [0.1, 0.15) is 0 Å². The number of benzene rings is 1. The van der Waals surface area contributed by atoms with Crippen LogP contribution in [0.4, 0.5) is 5.95 Å². The monoisotopic (exact) mass is 312 g/mol. The SMILES string of the molecule is CC(C)n1cc(CCCC(=O)Nc2nn[nH]n2)c2ccccc21. The van der Waals surface area contributed by atoms with Crippen LogP contribution in [0.15, 0.2) is 30.5 Å². The summed E-state index contributed by atoms with van der Waals surface area (Å²) in [6.07, 6.45) is 4.26. The van der Waals surface area contributed by atoms with Crippen LogP contribution in [0.3, 0.4) is 0 Å². The van der Waals surface area contributed by atoms with E-state index in [9.17, 15) is 4.79 Å². The average Bonchev–Trinajstić information content (AvgIpc) is 3.15. The van der Waals surface area contributed by atoms with Crippen LogP contribution in [0.2, 0.25) is 0 Å². The summed E-state index contributed by atoms with van der Waals surface area (Å²) in [5, 5.41) is 17.0. The van der Waals surface area contributed by atoms with E-state index < -0.39 is 0 Å².